The molecular formula is C104H110N36. The van der Waals surface area contributed by atoms with E-state index in [1.807, 2.05) is 54.6 Å². The molecule has 13 aromatic heterocycles. The second-order valence-electron chi connectivity index (χ2n) is 35.8. The Morgan fingerprint density at radius 3 is 1.17 bits per heavy atom. The minimum atomic E-state index is -0.120. The molecular weight excluding hydrogens is 1750 g/mol. The molecule has 706 valence electrons. The highest BCUT2D eigenvalue weighted by atomic mass is 15.3. The van der Waals surface area contributed by atoms with Crippen LogP contribution >= 0.6 is 0 Å². The number of para-hydroxylation sites is 5. The Balaban J connectivity index is 0.000000104. The third kappa shape index (κ3) is 19.7. The summed E-state index contributed by atoms with van der Waals surface area (Å²) in [5.74, 6) is 8.13. The standard InChI is InChI=1S/C22H18N6.C21H24N8.C21H25N7.C20H22N8.C20H21N7/c1-14(27-22-20-21(24-12-23-20)25-13-26-22)17-11-16-9-5-6-10-18(16)28-19(17)15-7-3-2-4-8-15;1-14(26-20-18-19(23-12-22-18)24-13-25-20)16-11-15-5-3-4-6-17(15)27-21(16)29-9-7-28(2)8-10-29;1-2-16(26-20-18-19(23-12-22-18)24-13-25-20)15-11-14-7-3-4-8-17(14)27-21(15)28-9-5-6-10-28;1-27-6-8-28(9-7-27)20-15(10-14-4-2-3-5-16(14)26-20)11-21-18-17-19(23-12-22-17)25-13-24-18;1-13(25-19-17-18(22-11-21-17)23-12-24-19)15-10-14-6-2-3-7-16(14)26-20(15)27-8-4-5-9-27/h2-14H,1H3,(H2,23,24,25,26,27);3-6,11-14H,7-10H2,1-2H3,(H2,22,23,24,25,26);3-4,7-8,11-13,16,18-19H,2,5-6,9-10H2,1H3,(H,22,23)(H,24,25,26);2-5,10,12-13H,6-9,11H2,1H3,(H2,21,22,23,24,25);2-3,6-7,10-13H,4-5,8-9H2,1H3,(H2,21,22,23,24,25). The van der Waals surface area contributed by atoms with Gasteiger partial charge in [0.05, 0.1) is 95.4 Å². The van der Waals surface area contributed by atoms with Gasteiger partial charge in [0.25, 0.3) is 0 Å². The summed E-state index contributed by atoms with van der Waals surface area (Å²) in [6.45, 7) is 21.5. The third-order valence-corrected chi connectivity index (χ3v) is 26.5. The average Bonchev–Trinajstić information content (AvgIpc) is 1.71. The molecule has 0 amide bonds. The molecule has 0 radical (unpaired) electrons. The predicted octanol–water partition coefficient (Wildman–Crippen LogP) is 16.1. The van der Waals surface area contributed by atoms with Gasteiger partial charge in [-0.25, -0.2) is 94.7 Å². The van der Waals surface area contributed by atoms with E-state index in [0.29, 0.717) is 29.1 Å². The molecule has 0 saturated carbocycles. The van der Waals surface area contributed by atoms with E-state index in [2.05, 4.69) is 320 Å². The molecule has 0 spiro atoms. The molecule has 36 heteroatoms. The number of nitrogens with one attached hydrogen (secondary N) is 10. The molecule has 19 heterocycles. The van der Waals surface area contributed by atoms with Gasteiger partial charge in [0, 0.05) is 145 Å². The van der Waals surface area contributed by atoms with Crippen LogP contribution in [0, 0.1) is 0 Å². The first kappa shape index (κ1) is 90.0. The molecule has 0 bridgehead atoms. The van der Waals surface area contributed by atoms with Crippen LogP contribution in [0.3, 0.4) is 0 Å². The van der Waals surface area contributed by atoms with E-state index in [1.165, 1.54) is 67.7 Å². The van der Waals surface area contributed by atoms with Crippen molar-refractivity contribution in [3.8, 4) is 11.3 Å². The Morgan fingerprint density at radius 2 is 0.721 bits per heavy atom. The molecule has 140 heavy (non-hydrogen) atoms. The number of hydrogen-bond acceptors (Lipinski definition) is 31. The van der Waals surface area contributed by atoms with Crippen molar-refractivity contribution in [2.45, 2.75) is 103 Å². The van der Waals surface area contributed by atoms with Crippen molar-refractivity contribution in [1.82, 2.24) is 125 Å². The first-order chi connectivity index (χ1) is 68.9. The highest BCUT2D eigenvalue weighted by Crippen LogP contribution is 2.40. The zero-order chi connectivity index (χ0) is 94.8. The van der Waals surface area contributed by atoms with Gasteiger partial charge in [-0.1, -0.05) is 128 Å². The molecule has 6 aliphatic heterocycles. The summed E-state index contributed by atoms with van der Waals surface area (Å²) in [6.07, 6.45) is 21.8. The van der Waals surface area contributed by atoms with Crippen LogP contribution in [0.25, 0.3) is 110 Å². The maximum absolute atomic E-state index is 5.11. The fraction of sp³-hybridized carbons (Fsp3) is 0.288. The number of pyridine rings is 5. The summed E-state index contributed by atoms with van der Waals surface area (Å²) in [5.41, 5.74) is 18.9. The largest absolute Gasteiger partial charge is 0.364 e. The Labute approximate surface area is 807 Å². The van der Waals surface area contributed by atoms with Crippen LogP contribution in [0.1, 0.15) is 112 Å². The number of aromatic nitrogens is 21. The zero-order valence-electron chi connectivity index (χ0n) is 78.9. The van der Waals surface area contributed by atoms with Gasteiger partial charge in [-0.15, -0.1) is 0 Å². The van der Waals surface area contributed by atoms with Gasteiger partial charge in [0.2, 0.25) is 0 Å². The SMILES string of the molecule is CC(Nc1ncnc2nc[nH]c12)c1cc2ccccc2nc1-c1ccccc1.CC(Nc1ncnc2nc[nH]c12)c1cc2ccccc2nc1N1CCCC1.CC(Nc1ncnc2nc[nH]c12)c1cc2ccccc2nc1N1CCN(C)CC1.CCC(N=C1NC=NC2N=CNC12)c1cc2ccccc2nc1N1CCCC1.CN1CCN(c2nc3ccccc3cc2CNc2ncnc3nc[nH]c23)CC1. The number of benzene rings is 6. The van der Waals surface area contributed by atoms with Crippen molar-refractivity contribution < 1.29 is 0 Å². The Hall–Kier alpha value is -16.5. The minimum absolute atomic E-state index is 0.0114. The Morgan fingerprint density at radius 1 is 0.364 bits per heavy atom. The lowest BCUT2D eigenvalue weighted by atomic mass is 9.98. The summed E-state index contributed by atoms with van der Waals surface area (Å²) < 4.78 is 0. The van der Waals surface area contributed by atoms with Gasteiger partial charge in [-0.2, -0.15) is 0 Å². The lowest BCUT2D eigenvalue weighted by Gasteiger charge is -2.35. The maximum atomic E-state index is 5.11. The average molecular weight is 1860 g/mol. The van der Waals surface area contributed by atoms with E-state index in [4.69, 9.17) is 29.9 Å². The van der Waals surface area contributed by atoms with Crippen LogP contribution in [0.15, 0.2) is 248 Å². The number of rotatable bonds is 20. The molecule has 36 nitrogen and oxygen atoms in total. The van der Waals surface area contributed by atoms with Crippen LogP contribution in [0.5, 0.6) is 0 Å². The quantitative estimate of drug-likeness (QED) is 0.0339. The number of fused-ring (bicyclic) bond motifs is 10. The monoisotopic (exact) mass is 1860 g/mol. The van der Waals surface area contributed by atoms with E-state index in [-0.39, 0.29) is 36.4 Å². The van der Waals surface area contributed by atoms with Crippen LogP contribution in [0.2, 0.25) is 0 Å². The molecule has 0 aliphatic carbocycles. The summed E-state index contributed by atoms with van der Waals surface area (Å²) in [5, 5.41) is 26.2. The summed E-state index contributed by atoms with van der Waals surface area (Å²) in [4.78, 5) is 117. The van der Waals surface area contributed by atoms with Gasteiger partial charge >= 0.3 is 0 Å². The number of H-pyrrole nitrogens is 4. The van der Waals surface area contributed by atoms with Gasteiger partial charge in [-0.05, 0) is 128 Å². The number of aromatic amines is 4. The summed E-state index contributed by atoms with van der Waals surface area (Å²) in [7, 11) is 4.33. The van der Waals surface area contributed by atoms with Crippen LogP contribution in [0.4, 0.5) is 46.5 Å². The van der Waals surface area contributed by atoms with Crippen LogP contribution < -0.4 is 51.5 Å². The number of amidine groups is 1. The number of piperazine rings is 2. The molecule has 4 fully saturated rings. The minimum Gasteiger partial charge on any atom is -0.364 e. The molecule has 4 saturated heterocycles. The van der Waals surface area contributed by atoms with E-state index in [1.54, 1.807) is 38.0 Å². The summed E-state index contributed by atoms with van der Waals surface area (Å²) in [6, 6.07) is 62.9. The first-order valence-electron chi connectivity index (χ1n) is 48.0. The molecule has 19 aromatic rings. The molecule has 6 aromatic carbocycles. The van der Waals surface area contributed by atoms with Crippen molar-refractivity contribution in [3.63, 3.8) is 0 Å². The predicted molar refractivity (Wildman–Crippen MR) is 558 cm³/mol. The second kappa shape index (κ2) is 41.2. The fourth-order valence-electron chi connectivity index (χ4n) is 18.9. The van der Waals surface area contributed by atoms with Crippen molar-refractivity contribution >= 4 is 164 Å². The van der Waals surface area contributed by atoms with Crippen LogP contribution in [-0.2, 0) is 6.54 Å². The van der Waals surface area contributed by atoms with Crippen molar-refractivity contribution in [2.24, 2.45) is 15.0 Å². The van der Waals surface area contributed by atoms with Crippen molar-refractivity contribution in [3.05, 3.63) is 260 Å². The number of aliphatic imine (C=N–C) groups is 3. The van der Waals surface area contributed by atoms with Gasteiger partial charge in [-0.3, -0.25) is 4.99 Å². The molecule has 6 aliphatic rings. The maximum Gasteiger partial charge on any atom is 0.182 e. The number of anilines is 8. The number of nitrogens with zero attached hydrogens (tertiary/aromatic N) is 26. The molecule has 25 rings (SSSR count). The van der Waals surface area contributed by atoms with Gasteiger partial charge in [0.15, 0.2) is 52.0 Å². The van der Waals surface area contributed by atoms with Crippen LogP contribution in [-0.4, -0.2) is 238 Å². The third-order valence-electron chi connectivity index (χ3n) is 26.5. The lowest BCUT2D eigenvalue weighted by Crippen LogP contribution is -2.49. The van der Waals surface area contributed by atoms with E-state index < -0.39 is 0 Å². The van der Waals surface area contributed by atoms with E-state index in [9.17, 15) is 0 Å². The fourth-order valence-corrected chi connectivity index (χ4v) is 18.9. The lowest BCUT2D eigenvalue weighted by molar-refractivity contribution is 0.312. The summed E-state index contributed by atoms with van der Waals surface area (Å²) >= 11 is 0. The number of imidazole rings is 4. The van der Waals surface area contributed by atoms with Crippen molar-refractivity contribution in [2.75, 3.05) is 133 Å². The highest BCUT2D eigenvalue weighted by Gasteiger charge is 2.34. The number of likely N-dealkylation sites (N-methyl/N-ethyl adjacent to an activating group) is 2. The van der Waals surface area contributed by atoms with E-state index in [0.717, 1.165) is 236 Å². The van der Waals surface area contributed by atoms with Gasteiger partial charge < -0.3 is 81.2 Å². The molecule has 6 atom stereocenters. The Bertz CT molecular complexity index is 7660. The molecule has 6 unspecified atom stereocenters. The Kier molecular flexibility index (Phi) is 26.5. The van der Waals surface area contributed by atoms with E-state index >= 15 is 0 Å². The molecule has 10 N–H and O–H groups in total. The normalized spacial score (nSPS) is 17.1. The van der Waals surface area contributed by atoms with Gasteiger partial charge in [0.1, 0.15) is 82.5 Å². The highest BCUT2D eigenvalue weighted by molar-refractivity contribution is 6.00. The second-order valence-corrected chi connectivity index (χ2v) is 35.8. The topological polar surface area (TPSA) is 411 Å². The number of hydrogen-bond donors (Lipinski definition) is 10. The zero-order valence-corrected chi connectivity index (χ0v) is 78.9. The first-order valence-corrected chi connectivity index (χ1v) is 48.0. The smallest absolute Gasteiger partial charge is 0.182 e. The van der Waals surface area contributed by atoms with Crippen molar-refractivity contribution in [1.29, 1.82) is 0 Å².